The number of Topliss-reactive ketones (excluding diaryl/α,β-unsaturated/α-hetero) is 1. The Morgan fingerprint density at radius 1 is 1.31 bits per heavy atom. The molecule has 1 aliphatic carbocycles. The third-order valence-corrected chi connectivity index (χ3v) is 6.41. The third kappa shape index (κ3) is 3.54. The summed E-state index contributed by atoms with van der Waals surface area (Å²) in [7, 11) is 0. The number of fused-ring (bicyclic) bond motifs is 2. The monoisotopic (exact) mass is 414 g/mol. The number of carbonyl (C=O) groups is 3. The predicted octanol–water partition coefficient (Wildman–Crippen LogP) is 2.47. The van der Waals surface area contributed by atoms with Crippen molar-refractivity contribution in [2.24, 2.45) is 0 Å². The van der Waals surface area contributed by atoms with Gasteiger partial charge in [0.05, 0.1) is 6.54 Å². The van der Waals surface area contributed by atoms with Gasteiger partial charge in [-0.15, -0.1) is 11.3 Å². The Kier molecular flexibility index (Phi) is 5.14. The SMILES string of the molecule is CC(=O)c1ccc(OC[C@H](O)CN2C(=O)N[C@]3(CCCc4sccc43)C2=O)cc1. The Morgan fingerprint density at radius 2 is 2.07 bits per heavy atom. The van der Waals surface area contributed by atoms with E-state index in [0.29, 0.717) is 17.7 Å². The molecule has 0 bridgehead atoms. The maximum absolute atomic E-state index is 13.1. The van der Waals surface area contributed by atoms with Crippen LogP contribution in [0.25, 0.3) is 0 Å². The van der Waals surface area contributed by atoms with E-state index in [1.54, 1.807) is 35.6 Å². The Hall–Kier alpha value is -2.71. The molecule has 1 spiro atoms. The van der Waals surface area contributed by atoms with Gasteiger partial charge >= 0.3 is 6.03 Å². The molecule has 8 heteroatoms. The number of nitrogens with one attached hydrogen (secondary N) is 1. The molecule has 1 fully saturated rings. The number of thiophene rings is 1. The molecule has 4 rings (SSSR count). The zero-order valence-corrected chi connectivity index (χ0v) is 16.8. The highest BCUT2D eigenvalue weighted by Crippen LogP contribution is 2.42. The van der Waals surface area contributed by atoms with Gasteiger partial charge in [-0.1, -0.05) is 0 Å². The van der Waals surface area contributed by atoms with Crippen molar-refractivity contribution in [3.8, 4) is 5.75 Å². The molecule has 1 saturated heterocycles. The van der Waals surface area contributed by atoms with Crippen LogP contribution in [0.15, 0.2) is 35.7 Å². The van der Waals surface area contributed by atoms with Crippen molar-refractivity contribution < 1.29 is 24.2 Å². The lowest BCUT2D eigenvalue weighted by Crippen LogP contribution is -2.46. The number of aliphatic hydroxyl groups excluding tert-OH is 1. The summed E-state index contributed by atoms with van der Waals surface area (Å²) < 4.78 is 5.53. The average molecular weight is 414 g/mol. The van der Waals surface area contributed by atoms with E-state index >= 15 is 0 Å². The molecule has 2 aliphatic rings. The number of aryl methyl sites for hydroxylation is 1. The number of β-amino-alcohol motifs (C(OH)–C–C–N with tert-alkyl or cyclic N) is 1. The molecular formula is C21H22N2O5S. The van der Waals surface area contributed by atoms with Crippen molar-refractivity contribution in [3.05, 3.63) is 51.7 Å². The Balaban J connectivity index is 1.40. The Labute approximate surface area is 172 Å². The number of amides is 3. The van der Waals surface area contributed by atoms with Crippen molar-refractivity contribution in [2.45, 2.75) is 37.8 Å². The molecule has 152 valence electrons. The molecule has 2 N–H and O–H groups in total. The van der Waals surface area contributed by atoms with Crippen molar-refractivity contribution in [1.29, 1.82) is 0 Å². The van der Waals surface area contributed by atoms with Gasteiger partial charge in [-0.25, -0.2) is 4.79 Å². The summed E-state index contributed by atoms with van der Waals surface area (Å²) in [5, 5.41) is 15.2. The van der Waals surface area contributed by atoms with Crippen LogP contribution < -0.4 is 10.1 Å². The molecule has 0 radical (unpaired) electrons. The van der Waals surface area contributed by atoms with Gasteiger partial charge in [0.2, 0.25) is 0 Å². The van der Waals surface area contributed by atoms with Gasteiger partial charge in [-0.3, -0.25) is 14.5 Å². The van der Waals surface area contributed by atoms with Crippen LogP contribution >= 0.6 is 11.3 Å². The summed E-state index contributed by atoms with van der Waals surface area (Å²) in [5.41, 5.74) is 0.446. The van der Waals surface area contributed by atoms with Crippen LogP contribution in [0.2, 0.25) is 0 Å². The zero-order valence-electron chi connectivity index (χ0n) is 16.0. The van der Waals surface area contributed by atoms with Crippen LogP contribution in [0, 0.1) is 0 Å². The zero-order chi connectivity index (χ0) is 20.6. The maximum Gasteiger partial charge on any atom is 0.325 e. The smallest absolute Gasteiger partial charge is 0.325 e. The molecule has 0 saturated carbocycles. The molecule has 29 heavy (non-hydrogen) atoms. The van der Waals surface area contributed by atoms with E-state index < -0.39 is 17.7 Å². The molecule has 3 amide bonds. The number of ether oxygens (including phenoxy) is 1. The Morgan fingerprint density at radius 3 is 2.79 bits per heavy atom. The summed E-state index contributed by atoms with van der Waals surface area (Å²) in [6.07, 6.45) is 1.27. The fourth-order valence-corrected chi connectivity index (χ4v) is 4.95. The van der Waals surface area contributed by atoms with E-state index in [-0.39, 0.29) is 24.8 Å². The summed E-state index contributed by atoms with van der Waals surface area (Å²) in [6, 6.07) is 8.00. The molecule has 2 aromatic rings. The molecule has 7 nitrogen and oxygen atoms in total. The second kappa shape index (κ2) is 7.61. The molecule has 2 atom stereocenters. The third-order valence-electron chi connectivity index (χ3n) is 5.43. The molecular weight excluding hydrogens is 392 g/mol. The molecule has 1 aliphatic heterocycles. The number of aliphatic hydroxyl groups is 1. The number of hydrogen-bond acceptors (Lipinski definition) is 6. The van der Waals surface area contributed by atoms with Crippen LogP contribution in [0.3, 0.4) is 0 Å². The second-order valence-corrected chi connectivity index (χ2v) is 8.41. The van der Waals surface area contributed by atoms with Crippen molar-refractivity contribution >= 4 is 29.1 Å². The summed E-state index contributed by atoms with van der Waals surface area (Å²) >= 11 is 1.60. The second-order valence-electron chi connectivity index (χ2n) is 7.41. The first-order valence-electron chi connectivity index (χ1n) is 9.53. The lowest BCUT2D eigenvalue weighted by molar-refractivity contribution is -0.133. The molecule has 2 heterocycles. The van der Waals surface area contributed by atoms with Crippen molar-refractivity contribution in [3.63, 3.8) is 0 Å². The lowest BCUT2D eigenvalue weighted by atomic mass is 9.80. The van der Waals surface area contributed by atoms with E-state index in [1.165, 1.54) is 6.92 Å². The minimum Gasteiger partial charge on any atom is -0.491 e. The number of urea groups is 1. The highest BCUT2D eigenvalue weighted by molar-refractivity contribution is 7.10. The van der Waals surface area contributed by atoms with Gasteiger partial charge in [0.25, 0.3) is 5.91 Å². The highest BCUT2D eigenvalue weighted by Gasteiger charge is 2.54. The van der Waals surface area contributed by atoms with Crippen LogP contribution in [0.4, 0.5) is 4.79 Å². The predicted molar refractivity (Wildman–Crippen MR) is 107 cm³/mol. The minimum atomic E-state index is -1.03. The van der Waals surface area contributed by atoms with Crippen LogP contribution in [0.5, 0.6) is 5.75 Å². The van der Waals surface area contributed by atoms with Crippen LogP contribution in [0.1, 0.15) is 40.6 Å². The van der Waals surface area contributed by atoms with E-state index in [0.717, 1.165) is 28.2 Å². The summed E-state index contributed by atoms with van der Waals surface area (Å²) in [6.45, 7) is 1.26. The summed E-state index contributed by atoms with van der Waals surface area (Å²) in [4.78, 5) is 39.2. The fourth-order valence-electron chi connectivity index (χ4n) is 3.95. The molecule has 1 aromatic heterocycles. The quantitative estimate of drug-likeness (QED) is 0.559. The first-order chi connectivity index (χ1) is 13.9. The highest BCUT2D eigenvalue weighted by atomic mass is 32.1. The largest absolute Gasteiger partial charge is 0.491 e. The van der Waals surface area contributed by atoms with Crippen LogP contribution in [-0.4, -0.2) is 47.0 Å². The van der Waals surface area contributed by atoms with E-state index in [1.807, 2.05) is 11.4 Å². The number of carbonyl (C=O) groups excluding carboxylic acids is 3. The lowest BCUT2D eigenvalue weighted by Gasteiger charge is -2.31. The van der Waals surface area contributed by atoms with Crippen LogP contribution in [-0.2, 0) is 16.8 Å². The van der Waals surface area contributed by atoms with Gasteiger partial charge < -0.3 is 15.2 Å². The van der Waals surface area contributed by atoms with Crippen molar-refractivity contribution in [1.82, 2.24) is 10.2 Å². The number of nitrogens with zero attached hydrogens (tertiary/aromatic N) is 1. The van der Waals surface area contributed by atoms with E-state index in [9.17, 15) is 19.5 Å². The number of benzene rings is 1. The average Bonchev–Trinajstić information content (AvgIpc) is 3.27. The molecule has 1 aromatic carbocycles. The van der Waals surface area contributed by atoms with E-state index in [2.05, 4.69) is 5.32 Å². The number of ketones is 1. The Bertz CT molecular complexity index is 954. The van der Waals surface area contributed by atoms with Gasteiger partial charge in [-0.05, 0) is 61.9 Å². The topological polar surface area (TPSA) is 95.9 Å². The molecule has 0 unspecified atom stereocenters. The van der Waals surface area contributed by atoms with Gasteiger partial charge in [0.15, 0.2) is 5.78 Å². The summed E-state index contributed by atoms with van der Waals surface area (Å²) in [5.74, 6) is 0.144. The van der Waals surface area contributed by atoms with Gasteiger partial charge in [-0.2, -0.15) is 0 Å². The standard InChI is InChI=1S/C21H22N2O5S/c1-13(24)14-4-6-16(7-5-14)28-12-15(25)11-23-19(26)21(22-20(23)27)9-2-3-18-17(21)8-10-29-18/h4-8,10,15,25H,2-3,9,11-12H2,1H3,(H,22,27)/t15-,21+/m1/s1. The van der Waals surface area contributed by atoms with E-state index in [4.69, 9.17) is 4.74 Å². The minimum absolute atomic E-state index is 0.0411. The normalized spacial score (nSPS) is 21.8. The van der Waals surface area contributed by atoms with Crippen molar-refractivity contribution in [2.75, 3.05) is 13.2 Å². The number of rotatable bonds is 6. The fraction of sp³-hybridized carbons (Fsp3) is 0.381. The van der Waals surface area contributed by atoms with Gasteiger partial charge in [0.1, 0.15) is 24.0 Å². The van der Waals surface area contributed by atoms with Gasteiger partial charge in [0, 0.05) is 16.0 Å². The first kappa shape index (κ1) is 19.6. The number of hydrogen-bond donors (Lipinski definition) is 2. The first-order valence-corrected chi connectivity index (χ1v) is 10.4. The number of imide groups is 1. The maximum atomic E-state index is 13.1.